The summed E-state index contributed by atoms with van der Waals surface area (Å²) < 4.78 is 11.0. The fourth-order valence-corrected chi connectivity index (χ4v) is 2.48. The van der Waals surface area contributed by atoms with E-state index in [-0.39, 0.29) is 18.4 Å². The molecule has 1 aromatic carbocycles. The molecule has 6 heteroatoms. The molecule has 1 aliphatic rings. The van der Waals surface area contributed by atoms with Gasteiger partial charge in [0, 0.05) is 19.3 Å². The van der Waals surface area contributed by atoms with Crippen LogP contribution >= 0.6 is 0 Å². The standard InChI is InChI=1S/C15H16N2O4/c1-9(7-14(18)19)6-13-16-15(17-21-13)12-8-10-4-2-3-5-11(10)20-12/h2-5,9,12H,6-8H2,1H3,(H,18,19). The number of nitrogens with zero attached hydrogens (tertiary/aromatic N) is 2. The van der Waals surface area contributed by atoms with Gasteiger partial charge in [-0.3, -0.25) is 4.79 Å². The molecule has 0 saturated heterocycles. The topological polar surface area (TPSA) is 85.5 Å². The Morgan fingerprint density at radius 3 is 3.05 bits per heavy atom. The Kier molecular flexibility index (Phi) is 3.60. The lowest BCUT2D eigenvalue weighted by Crippen LogP contribution is -2.08. The molecule has 0 spiro atoms. The molecule has 110 valence electrons. The van der Waals surface area contributed by atoms with Gasteiger partial charge in [-0.2, -0.15) is 4.98 Å². The summed E-state index contributed by atoms with van der Waals surface area (Å²) in [6.45, 7) is 1.85. The second-order valence-electron chi connectivity index (χ2n) is 5.37. The number of carbonyl (C=O) groups is 1. The number of carboxylic acid groups (broad SMARTS) is 1. The molecule has 2 aromatic rings. The van der Waals surface area contributed by atoms with Crippen LogP contribution in [0.2, 0.25) is 0 Å². The van der Waals surface area contributed by atoms with Crippen molar-refractivity contribution < 1.29 is 19.2 Å². The normalized spacial score (nSPS) is 18.0. The van der Waals surface area contributed by atoms with Crippen molar-refractivity contribution in [1.82, 2.24) is 10.1 Å². The Labute approximate surface area is 121 Å². The maximum Gasteiger partial charge on any atom is 0.303 e. The third-order valence-electron chi connectivity index (χ3n) is 3.47. The fourth-order valence-electron chi connectivity index (χ4n) is 2.48. The molecule has 21 heavy (non-hydrogen) atoms. The van der Waals surface area contributed by atoms with Gasteiger partial charge in [0.1, 0.15) is 5.75 Å². The lowest BCUT2D eigenvalue weighted by molar-refractivity contribution is -0.137. The van der Waals surface area contributed by atoms with Gasteiger partial charge in [0.2, 0.25) is 11.7 Å². The van der Waals surface area contributed by atoms with Gasteiger partial charge >= 0.3 is 5.97 Å². The number of hydrogen-bond acceptors (Lipinski definition) is 5. The molecule has 0 saturated carbocycles. The first-order valence-electron chi connectivity index (χ1n) is 6.90. The van der Waals surface area contributed by atoms with E-state index in [1.807, 2.05) is 31.2 Å². The zero-order valence-electron chi connectivity index (χ0n) is 11.7. The van der Waals surface area contributed by atoms with Gasteiger partial charge in [-0.15, -0.1) is 0 Å². The Balaban J connectivity index is 1.65. The highest BCUT2D eigenvalue weighted by Gasteiger charge is 2.28. The number of benzene rings is 1. The van der Waals surface area contributed by atoms with E-state index in [0.29, 0.717) is 18.1 Å². The van der Waals surface area contributed by atoms with Gasteiger partial charge in [0.15, 0.2) is 6.10 Å². The first-order valence-corrected chi connectivity index (χ1v) is 6.90. The number of fused-ring (bicyclic) bond motifs is 1. The van der Waals surface area contributed by atoms with Gasteiger partial charge in [-0.1, -0.05) is 30.3 Å². The van der Waals surface area contributed by atoms with Crippen LogP contribution in [-0.4, -0.2) is 21.2 Å². The minimum Gasteiger partial charge on any atom is -0.482 e. The SMILES string of the molecule is CC(CC(=O)O)Cc1nc(C2Cc3ccccc3O2)no1. The number of para-hydroxylation sites is 1. The Morgan fingerprint density at radius 1 is 1.48 bits per heavy atom. The highest BCUT2D eigenvalue weighted by Crippen LogP contribution is 2.35. The largest absolute Gasteiger partial charge is 0.482 e. The molecular formula is C15H16N2O4. The van der Waals surface area contributed by atoms with Crippen molar-refractivity contribution in [3.05, 3.63) is 41.5 Å². The number of carboxylic acids is 1. The average molecular weight is 288 g/mol. The summed E-state index contributed by atoms with van der Waals surface area (Å²) in [4.78, 5) is 15.0. The highest BCUT2D eigenvalue weighted by molar-refractivity contribution is 5.66. The number of aliphatic carboxylic acids is 1. The van der Waals surface area contributed by atoms with Crippen molar-refractivity contribution >= 4 is 5.97 Å². The van der Waals surface area contributed by atoms with E-state index in [0.717, 1.165) is 17.7 Å². The number of ether oxygens (including phenoxy) is 1. The van der Waals surface area contributed by atoms with Crippen LogP contribution < -0.4 is 4.74 Å². The third-order valence-corrected chi connectivity index (χ3v) is 3.47. The third kappa shape index (κ3) is 3.04. The Bertz CT molecular complexity index is 628. The van der Waals surface area contributed by atoms with E-state index >= 15 is 0 Å². The first-order chi connectivity index (χ1) is 10.1. The van der Waals surface area contributed by atoms with Crippen LogP contribution in [0.15, 0.2) is 28.8 Å². The molecule has 0 amide bonds. The van der Waals surface area contributed by atoms with E-state index in [2.05, 4.69) is 10.1 Å². The summed E-state index contributed by atoms with van der Waals surface area (Å²) in [5.74, 6) is 0.962. The second kappa shape index (κ2) is 5.55. The van der Waals surface area contributed by atoms with Crippen LogP contribution in [0.4, 0.5) is 0 Å². The summed E-state index contributed by atoms with van der Waals surface area (Å²) >= 11 is 0. The number of rotatable bonds is 5. The van der Waals surface area contributed by atoms with Gasteiger partial charge < -0.3 is 14.4 Å². The monoisotopic (exact) mass is 288 g/mol. The van der Waals surface area contributed by atoms with Gasteiger partial charge in [-0.25, -0.2) is 0 Å². The average Bonchev–Trinajstić information content (AvgIpc) is 3.03. The number of hydrogen-bond donors (Lipinski definition) is 1. The number of aromatic nitrogens is 2. The van der Waals surface area contributed by atoms with Crippen LogP contribution in [0.5, 0.6) is 5.75 Å². The Hall–Kier alpha value is -2.37. The summed E-state index contributed by atoms with van der Waals surface area (Å²) in [5.41, 5.74) is 1.13. The Morgan fingerprint density at radius 2 is 2.29 bits per heavy atom. The summed E-state index contributed by atoms with van der Waals surface area (Å²) in [6.07, 6.45) is 1.04. The van der Waals surface area contributed by atoms with Crippen molar-refractivity contribution in [2.45, 2.75) is 32.3 Å². The van der Waals surface area contributed by atoms with E-state index in [9.17, 15) is 4.79 Å². The van der Waals surface area contributed by atoms with Crippen LogP contribution in [0.1, 0.15) is 36.7 Å². The maximum atomic E-state index is 10.7. The fraction of sp³-hybridized carbons (Fsp3) is 0.400. The van der Waals surface area contributed by atoms with Crippen molar-refractivity contribution in [2.75, 3.05) is 0 Å². The van der Waals surface area contributed by atoms with E-state index in [1.165, 1.54) is 0 Å². The molecule has 2 unspecified atom stereocenters. The minimum absolute atomic E-state index is 0.0440. The molecule has 0 bridgehead atoms. The molecule has 2 heterocycles. The first kappa shape index (κ1) is 13.6. The lowest BCUT2D eigenvalue weighted by Gasteiger charge is -2.05. The van der Waals surface area contributed by atoms with Crippen molar-refractivity contribution in [2.24, 2.45) is 5.92 Å². The highest BCUT2D eigenvalue weighted by atomic mass is 16.5. The summed E-state index contributed by atoms with van der Waals surface area (Å²) in [6, 6.07) is 7.84. The predicted molar refractivity (Wildman–Crippen MR) is 72.9 cm³/mol. The molecule has 1 aliphatic heterocycles. The van der Waals surface area contributed by atoms with Gasteiger partial charge in [0.25, 0.3) is 0 Å². The smallest absolute Gasteiger partial charge is 0.303 e. The summed E-state index contributed by atoms with van der Waals surface area (Å²) in [5, 5.41) is 12.7. The van der Waals surface area contributed by atoms with Crippen LogP contribution in [0, 0.1) is 5.92 Å². The van der Waals surface area contributed by atoms with Crippen molar-refractivity contribution in [3.8, 4) is 5.75 Å². The summed E-state index contributed by atoms with van der Waals surface area (Å²) in [7, 11) is 0. The van der Waals surface area contributed by atoms with Crippen LogP contribution in [-0.2, 0) is 17.6 Å². The zero-order chi connectivity index (χ0) is 14.8. The molecule has 1 N–H and O–H groups in total. The lowest BCUT2D eigenvalue weighted by atomic mass is 10.0. The van der Waals surface area contributed by atoms with Crippen LogP contribution in [0.25, 0.3) is 0 Å². The molecular weight excluding hydrogens is 272 g/mol. The van der Waals surface area contributed by atoms with E-state index in [1.54, 1.807) is 0 Å². The minimum atomic E-state index is -0.822. The van der Waals surface area contributed by atoms with Crippen molar-refractivity contribution in [3.63, 3.8) is 0 Å². The van der Waals surface area contributed by atoms with Gasteiger partial charge in [-0.05, 0) is 17.5 Å². The predicted octanol–water partition coefficient (Wildman–Crippen LogP) is 2.40. The quantitative estimate of drug-likeness (QED) is 0.909. The van der Waals surface area contributed by atoms with Gasteiger partial charge in [0.05, 0.1) is 0 Å². The zero-order valence-corrected chi connectivity index (χ0v) is 11.7. The van der Waals surface area contributed by atoms with E-state index in [4.69, 9.17) is 14.4 Å². The van der Waals surface area contributed by atoms with Crippen molar-refractivity contribution in [1.29, 1.82) is 0 Å². The molecule has 0 radical (unpaired) electrons. The molecule has 3 rings (SSSR count). The molecule has 0 aliphatic carbocycles. The van der Waals surface area contributed by atoms with E-state index < -0.39 is 5.97 Å². The molecule has 1 aromatic heterocycles. The molecule has 0 fully saturated rings. The second-order valence-corrected chi connectivity index (χ2v) is 5.37. The van der Waals surface area contributed by atoms with Crippen LogP contribution in [0.3, 0.4) is 0 Å². The maximum absolute atomic E-state index is 10.7. The molecule has 6 nitrogen and oxygen atoms in total. The molecule has 2 atom stereocenters.